The fourth-order valence-corrected chi connectivity index (χ4v) is 4.17. The summed E-state index contributed by atoms with van der Waals surface area (Å²) in [7, 11) is 1.68. The standard InChI is InChI=1S/C29H38N2O2/c1-3-4-5-11-24(25-17-19-27(33-2)20-18-25)12-7-14-29(32)31-28(26-15-16-26)13-6-9-23-10-8-21-30-22-23/h7-8,10,12,14,17-22,26,28H,3-6,9,11,13,15-16H2,1-2H3,(H,31,32)/b14-7+,24-12+/t28-/m0/s1. The number of hydrogen-bond donors (Lipinski definition) is 1. The van der Waals surface area contributed by atoms with Gasteiger partial charge in [-0.1, -0.05) is 50.1 Å². The summed E-state index contributed by atoms with van der Waals surface area (Å²) < 4.78 is 5.28. The summed E-state index contributed by atoms with van der Waals surface area (Å²) in [6.45, 7) is 2.22. The first-order valence-corrected chi connectivity index (χ1v) is 12.4. The number of aromatic nitrogens is 1. The van der Waals surface area contributed by atoms with Gasteiger partial charge < -0.3 is 10.1 Å². The molecule has 1 fully saturated rings. The van der Waals surface area contributed by atoms with Gasteiger partial charge in [0.05, 0.1) is 7.11 Å². The van der Waals surface area contributed by atoms with Crippen molar-refractivity contribution in [3.05, 3.63) is 78.1 Å². The lowest BCUT2D eigenvalue weighted by Gasteiger charge is -2.17. The molecule has 0 aliphatic heterocycles. The average Bonchev–Trinajstić information content (AvgIpc) is 3.69. The fraction of sp³-hybridized carbons (Fsp3) is 0.448. The summed E-state index contributed by atoms with van der Waals surface area (Å²) in [6.07, 6.45) is 19.5. The van der Waals surface area contributed by atoms with E-state index in [4.69, 9.17) is 4.74 Å². The van der Waals surface area contributed by atoms with Crippen molar-refractivity contribution in [3.63, 3.8) is 0 Å². The van der Waals surface area contributed by atoms with Crippen LogP contribution in [0.5, 0.6) is 5.75 Å². The molecule has 33 heavy (non-hydrogen) atoms. The van der Waals surface area contributed by atoms with Crippen molar-refractivity contribution in [2.45, 2.75) is 70.8 Å². The molecular formula is C29H38N2O2. The van der Waals surface area contributed by atoms with Crippen LogP contribution in [-0.4, -0.2) is 24.0 Å². The smallest absolute Gasteiger partial charge is 0.244 e. The molecule has 1 aromatic carbocycles. The summed E-state index contributed by atoms with van der Waals surface area (Å²) in [6, 6.07) is 12.5. The van der Waals surface area contributed by atoms with Gasteiger partial charge in [-0.25, -0.2) is 0 Å². The minimum atomic E-state index is 0.00664. The van der Waals surface area contributed by atoms with Crippen LogP contribution in [0.15, 0.2) is 67.0 Å². The van der Waals surface area contributed by atoms with Crippen LogP contribution < -0.4 is 10.1 Å². The first-order valence-electron chi connectivity index (χ1n) is 12.4. The zero-order valence-corrected chi connectivity index (χ0v) is 20.1. The van der Waals surface area contributed by atoms with Gasteiger partial charge in [-0.05, 0) is 85.8 Å². The molecule has 1 aromatic heterocycles. The molecule has 0 saturated heterocycles. The van der Waals surface area contributed by atoms with Gasteiger partial charge >= 0.3 is 0 Å². The van der Waals surface area contributed by atoms with E-state index >= 15 is 0 Å². The Morgan fingerprint density at radius 3 is 2.67 bits per heavy atom. The number of nitrogens with zero attached hydrogens (tertiary/aromatic N) is 1. The molecule has 176 valence electrons. The Morgan fingerprint density at radius 1 is 1.18 bits per heavy atom. The van der Waals surface area contributed by atoms with Gasteiger partial charge in [-0.2, -0.15) is 0 Å². The van der Waals surface area contributed by atoms with Crippen molar-refractivity contribution in [1.29, 1.82) is 0 Å². The van der Waals surface area contributed by atoms with Crippen molar-refractivity contribution in [2.24, 2.45) is 5.92 Å². The molecule has 4 heteroatoms. The second-order valence-corrected chi connectivity index (χ2v) is 8.94. The van der Waals surface area contributed by atoms with Gasteiger partial charge in [0.25, 0.3) is 0 Å². The van der Waals surface area contributed by atoms with Gasteiger partial charge in [0.2, 0.25) is 5.91 Å². The third kappa shape index (κ3) is 8.88. The number of rotatable bonds is 14. The molecular weight excluding hydrogens is 408 g/mol. The van der Waals surface area contributed by atoms with Gasteiger partial charge in [-0.15, -0.1) is 0 Å². The lowest BCUT2D eigenvalue weighted by atomic mass is 9.99. The molecule has 0 unspecified atom stereocenters. The molecule has 1 aliphatic carbocycles. The van der Waals surface area contributed by atoms with E-state index in [1.807, 2.05) is 30.5 Å². The zero-order valence-electron chi connectivity index (χ0n) is 20.1. The molecule has 4 nitrogen and oxygen atoms in total. The lowest BCUT2D eigenvalue weighted by Crippen LogP contribution is -2.35. The predicted octanol–water partition coefficient (Wildman–Crippen LogP) is 6.53. The van der Waals surface area contributed by atoms with E-state index in [9.17, 15) is 4.79 Å². The Bertz CT molecular complexity index is 899. The summed E-state index contributed by atoms with van der Waals surface area (Å²) in [5.41, 5.74) is 3.70. The number of benzene rings is 1. The Kier molecular flexibility index (Phi) is 10.2. The van der Waals surface area contributed by atoms with Crippen molar-refractivity contribution < 1.29 is 9.53 Å². The number of aryl methyl sites for hydroxylation is 1. The predicted molar refractivity (Wildman–Crippen MR) is 136 cm³/mol. The van der Waals surface area contributed by atoms with E-state index in [0.29, 0.717) is 5.92 Å². The van der Waals surface area contributed by atoms with Gasteiger partial charge in [0, 0.05) is 24.5 Å². The second-order valence-electron chi connectivity index (χ2n) is 8.94. The number of nitrogens with one attached hydrogen (secondary N) is 1. The van der Waals surface area contributed by atoms with E-state index < -0.39 is 0 Å². The highest BCUT2D eigenvalue weighted by Gasteiger charge is 2.31. The van der Waals surface area contributed by atoms with Gasteiger partial charge in [0.15, 0.2) is 0 Å². The molecule has 1 aliphatic rings. The summed E-state index contributed by atoms with van der Waals surface area (Å²) in [5, 5.41) is 3.26. The summed E-state index contributed by atoms with van der Waals surface area (Å²) in [5.74, 6) is 1.50. The van der Waals surface area contributed by atoms with E-state index in [0.717, 1.165) is 37.9 Å². The van der Waals surface area contributed by atoms with Crippen LogP contribution in [0.3, 0.4) is 0 Å². The second kappa shape index (κ2) is 13.6. The monoisotopic (exact) mass is 446 g/mol. The van der Waals surface area contributed by atoms with E-state index in [-0.39, 0.29) is 11.9 Å². The minimum absolute atomic E-state index is 0.00664. The lowest BCUT2D eigenvalue weighted by molar-refractivity contribution is -0.117. The number of pyridine rings is 1. The quantitative estimate of drug-likeness (QED) is 0.204. The minimum Gasteiger partial charge on any atom is -0.497 e. The molecule has 0 bridgehead atoms. The topological polar surface area (TPSA) is 51.2 Å². The largest absolute Gasteiger partial charge is 0.497 e. The maximum atomic E-state index is 12.6. The molecule has 1 N–H and O–H groups in total. The molecule has 3 rings (SSSR count). The summed E-state index contributed by atoms with van der Waals surface area (Å²) >= 11 is 0. The van der Waals surface area contributed by atoms with E-state index in [1.54, 1.807) is 19.4 Å². The van der Waals surface area contributed by atoms with Crippen LogP contribution in [0.1, 0.15) is 69.4 Å². The third-order valence-electron chi connectivity index (χ3n) is 6.28. The number of carbonyl (C=O) groups is 1. The Hall–Kier alpha value is -2.88. The number of hydrogen-bond acceptors (Lipinski definition) is 3. The summed E-state index contributed by atoms with van der Waals surface area (Å²) in [4.78, 5) is 16.8. The van der Waals surface area contributed by atoms with E-state index in [2.05, 4.69) is 41.5 Å². The molecule has 1 atom stereocenters. The van der Waals surface area contributed by atoms with Crippen LogP contribution >= 0.6 is 0 Å². The Morgan fingerprint density at radius 2 is 2.00 bits per heavy atom. The zero-order chi connectivity index (χ0) is 23.3. The third-order valence-corrected chi connectivity index (χ3v) is 6.28. The van der Waals surface area contributed by atoms with Gasteiger partial charge in [0.1, 0.15) is 5.75 Å². The van der Waals surface area contributed by atoms with E-state index in [1.165, 1.54) is 42.4 Å². The van der Waals surface area contributed by atoms with Crippen molar-refractivity contribution >= 4 is 11.5 Å². The number of methoxy groups -OCH3 is 1. The molecule has 1 heterocycles. The SMILES string of the molecule is CCCCC/C(=C\C=C\C(=O)N[C@@H](CCCc1cccnc1)C1CC1)c1ccc(OC)cc1. The first-order chi connectivity index (χ1) is 16.2. The average molecular weight is 447 g/mol. The number of allylic oxidation sites excluding steroid dienone is 3. The van der Waals surface area contributed by atoms with Crippen LogP contribution in [0.2, 0.25) is 0 Å². The van der Waals surface area contributed by atoms with Crippen molar-refractivity contribution in [2.75, 3.05) is 7.11 Å². The maximum Gasteiger partial charge on any atom is 0.244 e. The normalized spacial score (nSPS) is 14.9. The molecule has 2 aromatic rings. The highest BCUT2D eigenvalue weighted by Crippen LogP contribution is 2.34. The highest BCUT2D eigenvalue weighted by molar-refractivity contribution is 5.88. The molecule has 1 amide bonds. The molecule has 0 spiro atoms. The molecule has 1 saturated carbocycles. The van der Waals surface area contributed by atoms with Crippen LogP contribution in [0.25, 0.3) is 5.57 Å². The highest BCUT2D eigenvalue weighted by atomic mass is 16.5. The first kappa shape index (κ1) is 24.8. The maximum absolute atomic E-state index is 12.6. The fourth-order valence-electron chi connectivity index (χ4n) is 4.17. The number of unbranched alkanes of at least 4 members (excludes halogenated alkanes) is 2. The number of carbonyl (C=O) groups excluding carboxylic acids is 1. The van der Waals surface area contributed by atoms with Gasteiger partial charge in [-0.3, -0.25) is 9.78 Å². The molecule has 0 radical (unpaired) electrons. The van der Waals surface area contributed by atoms with Crippen molar-refractivity contribution in [3.8, 4) is 5.75 Å². The number of ether oxygens (including phenoxy) is 1. The Labute approximate surface area is 199 Å². The van der Waals surface area contributed by atoms with Crippen LogP contribution in [0, 0.1) is 5.92 Å². The van der Waals surface area contributed by atoms with Crippen molar-refractivity contribution in [1.82, 2.24) is 10.3 Å². The van der Waals surface area contributed by atoms with Crippen LogP contribution in [0.4, 0.5) is 0 Å². The van der Waals surface area contributed by atoms with Crippen LogP contribution in [-0.2, 0) is 11.2 Å². The number of amides is 1. The Balaban J connectivity index is 1.55.